The van der Waals surface area contributed by atoms with Crippen molar-refractivity contribution < 1.29 is 9.31 Å². The van der Waals surface area contributed by atoms with E-state index >= 15 is 0 Å². The molecule has 0 spiro atoms. The molecule has 2 N–H and O–H groups in total. The van der Waals surface area contributed by atoms with Gasteiger partial charge in [0.2, 0.25) is 0 Å². The normalized spacial score (nSPS) is 10.4. The summed E-state index contributed by atoms with van der Waals surface area (Å²) in [5.74, 6) is 0.0186. The molecule has 0 atom stereocenters. The van der Waals surface area contributed by atoms with Crippen LogP contribution in [0.1, 0.15) is 5.56 Å². The second-order valence-electron chi connectivity index (χ2n) is 5.54. The monoisotopic (exact) mass is 405 g/mol. The van der Waals surface area contributed by atoms with Crippen LogP contribution in [0.25, 0.3) is 0 Å². The van der Waals surface area contributed by atoms with E-state index in [1.807, 2.05) is 0 Å². The molecule has 1 heterocycles. The summed E-state index contributed by atoms with van der Waals surface area (Å²) in [6.45, 7) is 0.349. The average molecular weight is 406 g/mol. The summed E-state index contributed by atoms with van der Waals surface area (Å²) < 4.78 is 14.8. The number of rotatable bonds is 5. The Morgan fingerprint density at radius 1 is 1.26 bits per heavy atom. The lowest BCUT2D eigenvalue weighted by Crippen LogP contribution is -2.19. The third-order valence-electron chi connectivity index (χ3n) is 3.52. The van der Waals surface area contributed by atoms with Gasteiger partial charge in [-0.25, -0.2) is 4.39 Å². The van der Waals surface area contributed by atoms with Crippen LogP contribution >= 0.6 is 23.8 Å². The van der Waals surface area contributed by atoms with Crippen LogP contribution in [-0.4, -0.2) is 19.8 Å². The van der Waals surface area contributed by atoms with E-state index in [0.29, 0.717) is 23.1 Å². The van der Waals surface area contributed by atoms with Crippen LogP contribution in [0.15, 0.2) is 54.7 Å². The Morgan fingerprint density at radius 2 is 2.00 bits per heavy atom. The van der Waals surface area contributed by atoms with Gasteiger partial charge < -0.3 is 10.6 Å². The largest absolute Gasteiger partial charge is 0.332 e. The first-order chi connectivity index (χ1) is 12.9. The van der Waals surface area contributed by atoms with Crippen molar-refractivity contribution in [3.63, 3.8) is 0 Å². The Bertz CT molecular complexity index is 993. The van der Waals surface area contributed by atoms with Gasteiger partial charge in [-0.1, -0.05) is 23.7 Å². The predicted molar refractivity (Wildman–Crippen MR) is 106 cm³/mol. The Morgan fingerprint density at radius 3 is 2.67 bits per heavy atom. The fourth-order valence-corrected chi connectivity index (χ4v) is 2.73. The van der Waals surface area contributed by atoms with Crippen LogP contribution in [0.3, 0.4) is 0 Å². The highest BCUT2D eigenvalue weighted by Crippen LogP contribution is 2.21. The second-order valence-corrected chi connectivity index (χ2v) is 6.35. The van der Waals surface area contributed by atoms with E-state index in [-0.39, 0.29) is 16.6 Å². The number of nitro groups is 1. The van der Waals surface area contributed by atoms with Gasteiger partial charge in [0.1, 0.15) is 10.8 Å². The smallest absolute Gasteiger partial charge is 0.269 e. The summed E-state index contributed by atoms with van der Waals surface area (Å²) in [4.78, 5) is 10.2. The van der Waals surface area contributed by atoms with Crippen molar-refractivity contribution in [1.29, 1.82) is 0 Å². The molecule has 0 aliphatic heterocycles. The fourth-order valence-electron chi connectivity index (χ4n) is 2.32. The molecule has 0 bridgehead atoms. The van der Waals surface area contributed by atoms with Crippen molar-refractivity contribution in [2.75, 3.05) is 10.6 Å². The van der Waals surface area contributed by atoms with Crippen LogP contribution in [0.4, 0.5) is 21.6 Å². The topological polar surface area (TPSA) is 85.0 Å². The zero-order valence-electron chi connectivity index (χ0n) is 13.7. The third kappa shape index (κ3) is 4.99. The van der Waals surface area contributed by atoms with Crippen molar-refractivity contribution in [3.05, 3.63) is 81.2 Å². The lowest BCUT2D eigenvalue weighted by atomic mass is 10.2. The molecule has 0 aliphatic carbocycles. The molecule has 0 saturated carbocycles. The van der Waals surface area contributed by atoms with Crippen molar-refractivity contribution >= 4 is 46.1 Å². The van der Waals surface area contributed by atoms with E-state index in [4.69, 9.17) is 23.8 Å². The third-order valence-corrected chi connectivity index (χ3v) is 4.00. The maximum atomic E-state index is 13.3. The first-order valence-electron chi connectivity index (χ1n) is 7.70. The summed E-state index contributed by atoms with van der Waals surface area (Å²) in [7, 11) is 0. The molecular formula is C17H13ClFN5O2S. The molecule has 10 heteroatoms. The number of nitrogens with zero attached hydrogens (tertiary/aromatic N) is 3. The molecule has 27 heavy (non-hydrogen) atoms. The van der Waals surface area contributed by atoms with Gasteiger partial charge in [-0.3, -0.25) is 14.8 Å². The number of non-ortho nitro benzene ring substituents is 1. The van der Waals surface area contributed by atoms with Crippen molar-refractivity contribution in [3.8, 4) is 0 Å². The highest BCUT2D eigenvalue weighted by molar-refractivity contribution is 7.80. The number of aromatic nitrogens is 2. The molecule has 3 aromatic rings. The predicted octanol–water partition coefficient (Wildman–Crippen LogP) is 4.44. The SMILES string of the molecule is O=[N+]([O-])c1ccc(NC(=S)Nc2nn(Cc3cccc(F)c3)cc2Cl)cc1. The Labute approximate surface area is 163 Å². The maximum Gasteiger partial charge on any atom is 0.269 e. The van der Waals surface area contributed by atoms with Gasteiger partial charge in [0, 0.05) is 24.0 Å². The van der Waals surface area contributed by atoms with Crippen molar-refractivity contribution in [2.24, 2.45) is 0 Å². The van der Waals surface area contributed by atoms with Crippen LogP contribution in [0.5, 0.6) is 0 Å². The van der Waals surface area contributed by atoms with Gasteiger partial charge in [0.25, 0.3) is 5.69 Å². The van der Waals surface area contributed by atoms with Crippen LogP contribution in [0.2, 0.25) is 5.02 Å². The van der Waals surface area contributed by atoms with E-state index in [9.17, 15) is 14.5 Å². The lowest BCUT2D eigenvalue weighted by Gasteiger charge is -2.08. The molecule has 7 nitrogen and oxygen atoms in total. The molecular weight excluding hydrogens is 393 g/mol. The van der Waals surface area contributed by atoms with Crippen molar-refractivity contribution in [1.82, 2.24) is 9.78 Å². The van der Waals surface area contributed by atoms with Gasteiger partial charge in [0.05, 0.1) is 11.5 Å². The number of halogens is 2. The fraction of sp³-hybridized carbons (Fsp3) is 0.0588. The lowest BCUT2D eigenvalue weighted by molar-refractivity contribution is -0.384. The zero-order valence-corrected chi connectivity index (χ0v) is 15.3. The summed E-state index contributed by atoms with van der Waals surface area (Å²) >= 11 is 11.4. The summed E-state index contributed by atoms with van der Waals surface area (Å²) in [5.41, 5.74) is 1.30. The highest BCUT2D eigenvalue weighted by Gasteiger charge is 2.10. The number of nitrogens with one attached hydrogen (secondary N) is 2. The van der Waals surface area contributed by atoms with E-state index in [2.05, 4.69) is 15.7 Å². The molecule has 0 aliphatic rings. The maximum absolute atomic E-state index is 13.3. The summed E-state index contributed by atoms with van der Waals surface area (Å²) in [6.07, 6.45) is 1.60. The first-order valence-corrected chi connectivity index (χ1v) is 8.49. The Kier molecular flexibility index (Phi) is 5.63. The summed E-state index contributed by atoms with van der Waals surface area (Å²) in [5, 5.41) is 21.3. The van der Waals surface area contributed by atoms with Gasteiger partial charge in [-0.15, -0.1) is 0 Å². The standard InChI is InChI=1S/C17H13ClFN5O2S/c18-15-10-23(9-11-2-1-3-12(19)8-11)22-16(15)21-17(27)20-13-4-6-14(7-5-13)24(25)26/h1-8,10H,9H2,(H2,20,21,22,27). The average Bonchev–Trinajstić information content (AvgIpc) is 2.94. The minimum Gasteiger partial charge on any atom is -0.332 e. The molecule has 2 aromatic carbocycles. The number of benzene rings is 2. The first kappa shape index (κ1) is 18.7. The summed E-state index contributed by atoms with van der Waals surface area (Å²) in [6, 6.07) is 12.0. The molecule has 0 amide bonds. The van der Waals surface area contributed by atoms with Crippen molar-refractivity contribution in [2.45, 2.75) is 6.54 Å². The molecule has 0 fully saturated rings. The van der Waals surface area contributed by atoms with Gasteiger partial charge in [-0.05, 0) is 42.0 Å². The quantitative estimate of drug-likeness (QED) is 0.371. The number of nitro benzene ring substituents is 1. The number of thiocarbonyl (C=S) groups is 1. The van der Waals surface area contributed by atoms with E-state index in [1.165, 1.54) is 36.4 Å². The highest BCUT2D eigenvalue weighted by atomic mass is 35.5. The van der Waals surface area contributed by atoms with Gasteiger partial charge in [0.15, 0.2) is 10.9 Å². The van der Waals surface area contributed by atoms with E-state index < -0.39 is 4.92 Å². The van der Waals surface area contributed by atoms with Gasteiger partial charge >= 0.3 is 0 Å². The molecule has 3 rings (SSSR count). The Hall–Kier alpha value is -3.04. The zero-order chi connectivity index (χ0) is 19.4. The minimum atomic E-state index is -0.481. The minimum absolute atomic E-state index is 0.0152. The number of hydrogen-bond acceptors (Lipinski definition) is 4. The number of anilines is 2. The van der Waals surface area contributed by atoms with Crippen LogP contribution < -0.4 is 10.6 Å². The van der Waals surface area contributed by atoms with Gasteiger partial charge in [-0.2, -0.15) is 5.10 Å². The molecule has 0 unspecified atom stereocenters. The number of hydrogen-bond donors (Lipinski definition) is 2. The Balaban J connectivity index is 1.64. The molecule has 0 radical (unpaired) electrons. The van der Waals surface area contributed by atoms with Crippen LogP contribution in [0, 0.1) is 15.9 Å². The van der Waals surface area contributed by atoms with E-state index in [0.717, 1.165) is 5.56 Å². The molecule has 1 aromatic heterocycles. The molecule has 0 saturated heterocycles. The van der Waals surface area contributed by atoms with Crippen LogP contribution in [-0.2, 0) is 6.54 Å². The molecule has 138 valence electrons. The van der Waals surface area contributed by atoms with E-state index in [1.54, 1.807) is 23.0 Å². The second kappa shape index (κ2) is 8.11.